The third-order valence-electron chi connectivity index (χ3n) is 3.91. The summed E-state index contributed by atoms with van der Waals surface area (Å²) in [5, 5.41) is 3.71. The predicted octanol–water partition coefficient (Wildman–Crippen LogP) is 2.15. The zero-order valence-corrected chi connectivity index (χ0v) is 13.3. The van der Waals surface area contributed by atoms with Crippen molar-refractivity contribution in [2.45, 2.75) is 25.1 Å². The number of aromatic nitrogens is 2. The van der Waals surface area contributed by atoms with Crippen LogP contribution in [-0.4, -0.2) is 34.0 Å². The number of guanidine groups is 1. The minimum Gasteiger partial charge on any atom is -0.369 e. The van der Waals surface area contributed by atoms with Crippen LogP contribution in [0.3, 0.4) is 0 Å². The van der Waals surface area contributed by atoms with E-state index >= 15 is 0 Å². The zero-order valence-electron chi connectivity index (χ0n) is 13.3. The maximum absolute atomic E-state index is 12.8. The molecule has 2 aromatic rings. The Balaban J connectivity index is 1.97. The molecule has 0 saturated heterocycles. The summed E-state index contributed by atoms with van der Waals surface area (Å²) in [6.45, 7) is 1.59. The zero-order chi connectivity index (χ0) is 18.4. The van der Waals surface area contributed by atoms with E-state index in [1.54, 1.807) is 6.92 Å². The number of carbonyl (C=O) groups is 1. The van der Waals surface area contributed by atoms with Gasteiger partial charge in [-0.2, -0.15) is 18.2 Å². The van der Waals surface area contributed by atoms with Crippen molar-refractivity contribution >= 4 is 11.9 Å². The van der Waals surface area contributed by atoms with Gasteiger partial charge in [0.1, 0.15) is 5.54 Å². The van der Waals surface area contributed by atoms with Gasteiger partial charge >= 0.3 is 6.18 Å². The molecular weight excluding hydrogens is 339 g/mol. The molecule has 2 heterocycles. The average molecular weight is 353 g/mol. The molecule has 10 heteroatoms. The van der Waals surface area contributed by atoms with Crippen molar-refractivity contribution in [2.75, 3.05) is 7.05 Å². The Hall–Kier alpha value is -2.91. The highest BCUT2D eigenvalue weighted by atomic mass is 19.4. The van der Waals surface area contributed by atoms with Crippen LogP contribution < -0.4 is 5.73 Å². The fraction of sp³-hybridized carbons (Fsp3) is 0.333. The standard InChI is InChI=1S/C15H14F3N5O2/c1-14(7-10(24)23(2)13(19)21-14)12-20-11(22-25-12)8-4-3-5-9(6-8)15(16,17)18/h3-6H,7H2,1-2H3,(H2,19,21). The molecule has 1 aromatic carbocycles. The van der Waals surface area contributed by atoms with Crippen LogP contribution >= 0.6 is 0 Å². The van der Waals surface area contributed by atoms with Gasteiger partial charge in [-0.15, -0.1) is 0 Å². The first-order chi connectivity index (χ1) is 11.6. The van der Waals surface area contributed by atoms with Crippen molar-refractivity contribution in [3.63, 3.8) is 0 Å². The molecule has 0 saturated carbocycles. The Labute approximate surface area is 140 Å². The minimum atomic E-state index is -4.48. The molecule has 25 heavy (non-hydrogen) atoms. The predicted molar refractivity (Wildman–Crippen MR) is 81.1 cm³/mol. The van der Waals surface area contributed by atoms with Crippen LogP contribution in [0.5, 0.6) is 0 Å². The van der Waals surface area contributed by atoms with E-state index in [0.29, 0.717) is 0 Å². The monoisotopic (exact) mass is 353 g/mol. The van der Waals surface area contributed by atoms with Gasteiger partial charge in [-0.1, -0.05) is 17.3 Å². The van der Waals surface area contributed by atoms with E-state index in [2.05, 4.69) is 15.1 Å². The molecule has 2 N–H and O–H groups in total. The molecule has 0 aliphatic carbocycles. The summed E-state index contributed by atoms with van der Waals surface area (Å²) in [4.78, 5) is 21.5. The van der Waals surface area contributed by atoms with E-state index in [1.807, 2.05) is 0 Å². The number of benzene rings is 1. The Morgan fingerprint density at radius 3 is 2.72 bits per heavy atom. The Bertz CT molecular complexity index is 861. The molecular formula is C15H14F3N5O2. The van der Waals surface area contributed by atoms with Gasteiger partial charge in [0.2, 0.25) is 11.7 Å². The highest BCUT2D eigenvalue weighted by molar-refractivity contribution is 5.98. The van der Waals surface area contributed by atoms with Gasteiger partial charge in [0, 0.05) is 12.6 Å². The smallest absolute Gasteiger partial charge is 0.369 e. The molecule has 1 unspecified atom stereocenters. The van der Waals surface area contributed by atoms with E-state index in [9.17, 15) is 18.0 Å². The first kappa shape index (κ1) is 16.9. The molecule has 1 amide bonds. The molecule has 0 spiro atoms. The quantitative estimate of drug-likeness (QED) is 0.892. The van der Waals surface area contributed by atoms with Gasteiger partial charge in [0.25, 0.3) is 5.89 Å². The Morgan fingerprint density at radius 1 is 1.36 bits per heavy atom. The lowest BCUT2D eigenvalue weighted by Gasteiger charge is -2.30. The lowest BCUT2D eigenvalue weighted by atomic mass is 9.96. The SMILES string of the molecule is CN1C(=O)CC(C)(c2nc(-c3cccc(C(F)(F)F)c3)no2)N=C1N. The molecule has 1 atom stereocenters. The normalized spacial score (nSPS) is 21.4. The molecule has 1 aliphatic heterocycles. The number of nitrogens with zero attached hydrogens (tertiary/aromatic N) is 4. The van der Waals surface area contributed by atoms with E-state index in [1.165, 1.54) is 24.1 Å². The van der Waals surface area contributed by atoms with Crippen LogP contribution in [0.25, 0.3) is 11.4 Å². The summed E-state index contributed by atoms with van der Waals surface area (Å²) < 4.78 is 43.6. The van der Waals surface area contributed by atoms with Crippen molar-refractivity contribution in [3.05, 3.63) is 35.7 Å². The van der Waals surface area contributed by atoms with Gasteiger partial charge in [-0.25, -0.2) is 4.99 Å². The third-order valence-corrected chi connectivity index (χ3v) is 3.91. The second-order valence-electron chi connectivity index (χ2n) is 5.88. The summed E-state index contributed by atoms with van der Waals surface area (Å²) in [5.41, 5.74) is 3.86. The van der Waals surface area contributed by atoms with E-state index in [0.717, 1.165) is 12.1 Å². The second-order valence-corrected chi connectivity index (χ2v) is 5.88. The molecule has 0 bridgehead atoms. The van der Waals surface area contributed by atoms with Crippen molar-refractivity contribution in [2.24, 2.45) is 10.7 Å². The maximum atomic E-state index is 12.8. The first-order valence-electron chi connectivity index (χ1n) is 7.24. The number of amides is 1. The fourth-order valence-electron chi connectivity index (χ4n) is 2.43. The minimum absolute atomic E-state index is 0.00225. The summed E-state index contributed by atoms with van der Waals surface area (Å²) >= 11 is 0. The summed E-state index contributed by atoms with van der Waals surface area (Å²) in [6.07, 6.45) is -4.53. The van der Waals surface area contributed by atoms with Crippen molar-refractivity contribution < 1.29 is 22.5 Å². The highest BCUT2D eigenvalue weighted by Crippen LogP contribution is 2.34. The largest absolute Gasteiger partial charge is 0.416 e. The Kier molecular flexibility index (Phi) is 3.77. The van der Waals surface area contributed by atoms with Gasteiger partial charge in [-0.3, -0.25) is 9.69 Å². The lowest BCUT2D eigenvalue weighted by molar-refractivity contribution is -0.137. The van der Waals surface area contributed by atoms with Crippen LogP contribution in [0.4, 0.5) is 13.2 Å². The van der Waals surface area contributed by atoms with Crippen molar-refractivity contribution in [1.82, 2.24) is 15.0 Å². The Morgan fingerprint density at radius 2 is 2.08 bits per heavy atom. The fourth-order valence-corrected chi connectivity index (χ4v) is 2.43. The highest BCUT2D eigenvalue weighted by Gasteiger charge is 2.41. The summed E-state index contributed by atoms with van der Waals surface area (Å²) in [7, 11) is 1.49. The maximum Gasteiger partial charge on any atom is 0.416 e. The van der Waals surface area contributed by atoms with Crippen molar-refractivity contribution in [1.29, 1.82) is 0 Å². The van der Waals surface area contributed by atoms with Gasteiger partial charge in [-0.05, 0) is 19.1 Å². The lowest BCUT2D eigenvalue weighted by Crippen LogP contribution is -2.47. The number of carbonyl (C=O) groups excluding carboxylic acids is 1. The molecule has 1 aromatic heterocycles. The second kappa shape index (κ2) is 5.57. The molecule has 132 valence electrons. The van der Waals surface area contributed by atoms with E-state index in [-0.39, 0.29) is 35.6 Å². The number of nitrogens with two attached hydrogens (primary N) is 1. The summed E-state index contributed by atoms with van der Waals surface area (Å²) in [5.74, 6) is -0.307. The number of alkyl halides is 3. The van der Waals surface area contributed by atoms with Crippen LogP contribution in [0.1, 0.15) is 24.8 Å². The molecule has 0 radical (unpaired) electrons. The molecule has 3 rings (SSSR count). The van der Waals surface area contributed by atoms with E-state index in [4.69, 9.17) is 10.3 Å². The molecule has 7 nitrogen and oxygen atoms in total. The van der Waals surface area contributed by atoms with Crippen LogP contribution in [0, 0.1) is 0 Å². The van der Waals surface area contributed by atoms with E-state index < -0.39 is 17.3 Å². The number of rotatable bonds is 2. The van der Waals surface area contributed by atoms with Gasteiger partial charge < -0.3 is 10.3 Å². The van der Waals surface area contributed by atoms with Gasteiger partial charge in [0.15, 0.2) is 5.96 Å². The number of aliphatic imine (C=N–C) groups is 1. The average Bonchev–Trinajstić information content (AvgIpc) is 3.03. The number of hydrogen-bond acceptors (Lipinski definition) is 6. The first-order valence-corrected chi connectivity index (χ1v) is 7.24. The van der Waals surface area contributed by atoms with Crippen LogP contribution in [0.15, 0.2) is 33.8 Å². The van der Waals surface area contributed by atoms with Crippen LogP contribution in [-0.2, 0) is 16.5 Å². The third kappa shape index (κ3) is 3.06. The topological polar surface area (TPSA) is 97.6 Å². The number of hydrogen-bond donors (Lipinski definition) is 1. The van der Waals surface area contributed by atoms with Gasteiger partial charge in [0.05, 0.1) is 12.0 Å². The molecule has 0 fully saturated rings. The van der Waals surface area contributed by atoms with Crippen molar-refractivity contribution in [3.8, 4) is 11.4 Å². The summed E-state index contributed by atoms with van der Waals surface area (Å²) in [6, 6.07) is 4.57. The van der Waals surface area contributed by atoms with Crippen LogP contribution in [0.2, 0.25) is 0 Å². The molecule has 1 aliphatic rings. The number of halogens is 3.